The third-order valence-corrected chi connectivity index (χ3v) is 5.75. The smallest absolute Gasteiger partial charge is 0.550 e. The Kier molecular flexibility index (Phi) is 12.0. The third-order valence-electron chi connectivity index (χ3n) is 5.75. The van der Waals surface area contributed by atoms with Crippen LogP contribution in [0.25, 0.3) is 11.8 Å². The van der Waals surface area contributed by atoms with E-state index < -0.39 is 36.3 Å². The number of carboxylic acid groups (broad SMARTS) is 1. The summed E-state index contributed by atoms with van der Waals surface area (Å²) in [5.74, 6) is -2.50. The van der Waals surface area contributed by atoms with E-state index in [9.17, 15) is 29.3 Å². The summed E-state index contributed by atoms with van der Waals surface area (Å²) in [5, 5.41) is 47.2. The van der Waals surface area contributed by atoms with Crippen LogP contribution in [0.5, 0.6) is 0 Å². The van der Waals surface area contributed by atoms with Crippen molar-refractivity contribution in [3.05, 3.63) is 88.5 Å². The van der Waals surface area contributed by atoms with E-state index in [1.54, 1.807) is 30.3 Å². The van der Waals surface area contributed by atoms with Crippen LogP contribution in [0.4, 0.5) is 4.39 Å². The molecule has 2 aromatic carbocycles. The molecule has 3 N–H and O–H groups in total. The zero-order valence-electron chi connectivity index (χ0n) is 22.0. The van der Waals surface area contributed by atoms with Gasteiger partial charge in [-0.25, -0.2) is 9.07 Å². The van der Waals surface area contributed by atoms with Crippen LogP contribution >= 0.6 is 0 Å². The second-order valence-corrected chi connectivity index (χ2v) is 9.07. The summed E-state index contributed by atoms with van der Waals surface area (Å²) in [7, 11) is 0. The van der Waals surface area contributed by atoms with Crippen molar-refractivity contribution in [3.63, 3.8) is 0 Å². The Bertz CT molecular complexity index is 1350. The quantitative estimate of drug-likeness (QED) is 0.269. The number of rotatable bonds is 11. The molecular weight excluding hydrogens is 514 g/mol. The van der Waals surface area contributed by atoms with Gasteiger partial charge in [-0.1, -0.05) is 32.1 Å². The first kappa shape index (κ1) is 31.9. The molecule has 3 rings (SSSR count). The van der Waals surface area contributed by atoms with Gasteiger partial charge in [-0.05, 0) is 54.0 Å². The molecule has 198 valence electrons. The molecule has 0 aliphatic heterocycles. The van der Waals surface area contributed by atoms with E-state index >= 15 is 0 Å². The summed E-state index contributed by atoms with van der Waals surface area (Å²) in [4.78, 5) is 23.9. The molecule has 0 aliphatic rings. The third kappa shape index (κ3) is 8.85. The zero-order chi connectivity index (χ0) is 27.8. The molecule has 1 heterocycles. The molecule has 9 nitrogen and oxygen atoms in total. The van der Waals surface area contributed by atoms with Gasteiger partial charge in [0.1, 0.15) is 5.82 Å². The summed E-state index contributed by atoms with van der Waals surface area (Å²) >= 11 is 0. The van der Waals surface area contributed by atoms with E-state index in [-0.39, 0.29) is 54.1 Å². The molecule has 3 aromatic rings. The number of carboxylic acids is 1. The van der Waals surface area contributed by atoms with E-state index in [1.807, 2.05) is 19.9 Å². The fraction of sp³-hybridized carbons (Fsp3) is 0.286. The number of aromatic nitrogens is 2. The number of nitrogens with zero attached hydrogens (tertiary/aromatic N) is 3. The number of carbonyl (C=O) groups is 2. The van der Waals surface area contributed by atoms with Gasteiger partial charge in [-0.3, -0.25) is 4.79 Å². The van der Waals surface area contributed by atoms with Gasteiger partial charge in [0.05, 0.1) is 35.2 Å². The van der Waals surface area contributed by atoms with Crippen molar-refractivity contribution in [2.45, 2.75) is 51.4 Å². The number of aliphatic hydroxyl groups is 2. The minimum Gasteiger partial charge on any atom is -0.550 e. The van der Waals surface area contributed by atoms with Crippen molar-refractivity contribution in [2.24, 2.45) is 0 Å². The molecular formula is C28H28FN4NaO5. The van der Waals surface area contributed by atoms with Crippen LogP contribution in [0.1, 0.15) is 65.5 Å². The first-order valence-corrected chi connectivity index (χ1v) is 12.0. The molecule has 11 heteroatoms. The minimum atomic E-state index is -1.43. The average molecular weight is 543 g/mol. The first-order valence-electron chi connectivity index (χ1n) is 12.0. The largest absolute Gasteiger partial charge is 1.00 e. The predicted octanol–water partition coefficient (Wildman–Crippen LogP) is -0.794. The molecule has 0 spiro atoms. The molecule has 1 aromatic heterocycles. The molecule has 0 radical (unpaired) electrons. The number of carbonyl (C=O) groups excluding carboxylic acids is 2. The van der Waals surface area contributed by atoms with Gasteiger partial charge >= 0.3 is 29.6 Å². The molecule has 0 unspecified atom stereocenters. The number of nitriles is 1. The van der Waals surface area contributed by atoms with Gasteiger partial charge in [-0.2, -0.15) is 10.4 Å². The van der Waals surface area contributed by atoms with E-state index in [0.29, 0.717) is 22.5 Å². The SMILES string of the molecule is CC(C)c1c(C(=O)NCc2ccc(C#N)cc2)nn(-c2ccc(F)cc2)c1C=C[C@H](O)C[C@@H](O)CC(=O)[O-].[Na+]. The Hall–Kier alpha value is -3.33. The Morgan fingerprint density at radius 1 is 1.15 bits per heavy atom. The van der Waals surface area contributed by atoms with Gasteiger partial charge in [0.15, 0.2) is 5.69 Å². The van der Waals surface area contributed by atoms with Crippen LogP contribution in [0.2, 0.25) is 0 Å². The van der Waals surface area contributed by atoms with Crippen molar-refractivity contribution in [3.8, 4) is 11.8 Å². The van der Waals surface area contributed by atoms with Crippen molar-refractivity contribution in [1.29, 1.82) is 5.26 Å². The molecule has 0 fully saturated rings. The second kappa shape index (κ2) is 14.7. The van der Waals surface area contributed by atoms with Crippen molar-refractivity contribution in [1.82, 2.24) is 15.1 Å². The molecule has 2 atom stereocenters. The Labute approximate surface area is 247 Å². The summed E-state index contributed by atoms with van der Waals surface area (Å²) in [6.07, 6.45) is -0.410. The number of amides is 1. The van der Waals surface area contributed by atoms with Gasteiger partial charge < -0.3 is 25.4 Å². The molecule has 0 saturated heterocycles. The summed E-state index contributed by atoms with van der Waals surface area (Å²) in [5.41, 5.74) is 2.95. The first-order chi connectivity index (χ1) is 18.1. The summed E-state index contributed by atoms with van der Waals surface area (Å²) in [6.45, 7) is 3.95. The Morgan fingerprint density at radius 3 is 2.36 bits per heavy atom. The van der Waals surface area contributed by atoms with Crippen molar-refractivity contribution < 1.29 is 58.9 Å². The topological polar surface area (TPSA) is 151 Å². The van der Waals surface area contributed by atoms with Crippen LogP contribution in [-0.2, 0) is 11.3 Å². The zero-order valence-corrected chi connectivity index (χ0v) is 24.0. The number of aliphatic carboxylic acids is 1. The number of halogens is 1. The van der Waals surface area contributed by atoms with Gasteiger partial charge in [-0.15, -0.1) is 0 Å². The predicted molar refractivity (Wildman–Crippen MR) is 135 cm³/mol. The van der Waals surface area contributed by atoms with Crippen LogP contribution in [-0.4, -0.2) is 44.1 Å². The fourth-order valence-corrected chi connectivity index (χ4v) is 3.92. The molecule has 0 bridgehead atoms. The van der Waals surface area contributed by atoms with E-state index in [4.69, 9.17) is 5.26 Å². The normalized spacial score (nSPS) is 12.5. The van der Waals surface area contributed by atoms with E-state index in [1.165, 1.54) is 35.0 Å². The standard InChI is InChI=1S/C28H29FN4O5.Na/c1-17(2)26-24(12-11-22(34)13-23(35)14-25(36)37)33(21-9-7-20(29)8-10-21)32-27(26)28(38)31-16-19-5-3-18(15-30)4-6-19;/h3-12,17,22-23,34-35H,13-14,16H2,1-2H3,(H,31,38)(H,36,37);/q;+1/p-1/t22-,23+;/m0./s1. The van der Waals surface area contributed by atoms with E-state index in [0.717, 1.165) is 5.56 Å². The maximum atomic E-state index is 13.6. The number of benzene rings is 2. The van der Waals surface area contributed by atoms with Gasteiger partial charge in [0.25, 0.3) is 5.91 Å². The minimum absolute atomic E-state index is 0. The maximum Gasteiger partial charge on any atom is 1.00 e. The van der Waals surface area contributed by atoms with Gasteiger partial charge in [0.2, 0.25) is 0 Å². The van der Waals surface area contributed by atoms with Gasteiger partial charge in [0, 0.05) is 30.9 Å². The monoisotopic (exact) mass is 542 g/mol. The fourth-order valence-electron chi connectivity index (χ4n) is 3.92. The molecule has 1 amide bonds. The average Bonchev–Trinajstić information content (AvgIpc) is 3.26. The number of hydrogen-bond donors (Lipinski definition) is 3. The van der Waals surface area contributed by atoms with Crippen LogP contribution in [0, 0.1) is 17.1 Å². The van der Waals surface area contributed by atoms with Crippen molar-refractivity contribution in [2.75, 3.05) is 0 Å². The van der Waals surface area contributed by atoms with Crippen LogP contribution < -0.4 is 40.0 Å². The number of nitrogens with one attached hydrogen (secondary N) is 1. The maximum absolute atomic E-state index is 13.6. The Morgan fingerprint density at radius 2 is 1.79 bits per heavy atom. The summed E-state index contributed by atoms with van der Waals surface area (Å²) < 4.78 is 15.1. The molecule has 0 saturated carbocycles. The number of aliphatic hydroxyl groups excluding tert-OH is 2. The molecule has 39 heavy (non-hydrogen) atoms. The van der Waals surface area contributed by atoms with Crippen molar-refractivity contribution >= 4 is 18.0 Å². The number of hydrogen-bond acceptors (Lipinski definition) is 7. The summed E-state index contributed by atoms with van der Waals surface area (Å²) in [6, 6.07) is 14.4. The molecule has 0 aliphatic carbocycles. The van der Waals surface area contributed by atoms with Crippen LogP contribution in [0.3, 0.4) is 0 Å². The second-order valence-electron chi connectivity index (χ2n) is 9.07. The van der Waals surface area contributed by atoms with Crippen LogP contribution in [0.15, 0.2) is 54.6 Å². The Balaban J connectivity index is 0.00000533. The van der Waals surface area contributed by atoms with E-state index in [2.05, 4.69) is 10.4 Å².